The molecule has 0 fully saturated rings. The Bertz CT molecular complexity index is 779. The number of anilines is 1. The monoisotopic (exact) mass is 296 g/mol. The number of nitrogens with zero attached hydrogens (tertiary/aromatic N) is 3. The lowest BCUT2D eigenvalue weighted by molar-refractivity contribution is 0.0697. The summed E-state index contributed by atoms with van der Waals surface area (Å²) in [5.74, 6) is -1.09. The van der Waals surface area contributed by atoms with E-state index >= 15 is 0 Å². The Balaban J connectivity index is 2.76. The molecule has 0 atom stereocenters. The molecule has 0 bridgehead atoms. The Labute approximate surface area is 125 Å². The van der Waals surface area contributed by atoms with E-state index in [0.29, 0.717) is 11.1 Å². The number of nitrogens with two attached hydrogens (primary N) is 1. The van der Waals surface area contributed by atoms with E-state index in [9.17, 15) is 15.3 Å². The lowest BCUT2D eigenvalue weighted by Crippen LogP contribution is -2.02. The molecule has 0 unspecified atom stereocenters. The van der Waals surface area contributed by atoms with Crippen LogP contribution in [0, 0.1) is 22.7 Å². The molecule has 7 heteroatoms. The fourth-order valence-electron chi connectivity index (χ4n) is 1.88. The topological polar surface area (TPSA) is 124 Å². The van der Waals surface area contributed by atoms with Crippen molar-refractivity contribution in [3.63, 3.8) is 0 Å². The molecule has 0 spiro atoms. The van der Waals surface area contributed by atoms with Gasteiger partial charge in [0.2, 0.25) is 0 Å². The second-order valence-corrected chi connectivity index (χ2v) is 4.48. The Morgan fingerprint density at radius 3 is 2.24 bits per heavy atom. The summed E-state index contributed by atoms with van der Waals surface area (Å²) in [6.07, 6.45) is 0. The third kappa shape index (κ3) is 2.50. The van der Waals surface area contributed by atoms with Crippen LogP contribution in [0.4, 0.5) is 5.82 Å². The van der Waals surface area contributed by atoms with Crippen LogP contribution in [0.5, 0.6) is 0 Å². The predicted molar refractivity (Wildman–Crippen MR) is 77.7 cm³/mol. The number of rotatable bonds is 2. The summed E-state index contributed by atoms with van der Waals surface area (Å²) in [5, 5.41) is 27.5. The molecule has 2 rings (SSSR count). The summed E-state index contributed by atoms with van der Waals surface area (Å²) < 4.78 is 0. The van der Waals surface area contributed by atoms with Crippen LogP contribution < -0.4 is 5.73 Å². The zero-order chi connectivity index (χ0) is 15.6. The third-order valence-electron chi connectivity index (χ3n) is 2.85. The van der Waals surface area contributed by atoms with Gasteiger partial charge < -0.3 is 10.8 Å². The van der Waals surface area contributed by atoms with Crippen molar-refractivity contribution in [1.82, 2.24) is 4.98 Å². The highest BCUT2D eigenvalue weighted by molar-refractivity contribution is 7.80. The van der Waals surface area contributed by atoms with Crippen molar-refractivity contribution < 1.29 is 9.90 Å². The van der Waals surface area contributed by atoms with Gasteiger partial charge in [0.15, 0.2) is 0 Å². The molecule has 0 aliphatic rings. The number of hydrogen-bond donors (Lipinski definition) is 3. The summed E-state index contributed by atoms with van der Waals surface area (Å²) in [4.78, 5) is 14.7. The number of carbonyl (C=O) groups is 1. The lowest BCUT2D eigenvalue weighted by atomic mass is 9.96. The molecular weight excluding hydrogens is 288 g/mol. The maximum absolute atomic E-state index is 10.9. The van der Waals surface area contributed by atoms with Crippen molar-refractivity contribution in [1.29, 1.82) is 10.5 Å². The van der Waals surface area contributed by atoms with Crippen molar-refractivity contribution in [3.8, 4) is 23.3 Å². The molecule has 1 aromatic carbocycles. The molecule has 1 heterocycles. The van der Waals surface area contributed by atoms with Crippen LogP contribution in [-0.2, 0) is 0 Å². The minimum absolute atomic E-state index is 0.0289. The quantitative estimate of drug-likeness (QED) is 0.729. The smallest absolute Gasteiger partial charge is 0.335 e. The van der Waals surface area contributed by atoms with E-state index in [0.717, 1.165) is 0 Å². The largest absolute Gasteiger partial charge is 0.478 e. The van der Waals surface area contributed by atoms with Gasteiger partial charge in [-0.15, -0.1) is 12.6 Å². The van der Waals surface area contributed by atoms with Crippen molar-refractivity contribution >= 4 is 24.4 Å². The first-order chi connectivity index (χ1) is 9.99. The number of aromatic nitrogens is 1. The second kappa shape index (κ2) is 5.53. The van der Waals surface area contributed by atoms with Gasteiger partial charge in [0.1, 0.15) is 28.5 Å². The highest BCUT2D eigenvalue weighted by atomic mass is 32.1. The van der Waals surface area contributed by atoms with Gasteiger partial charge in [0.05, 0.1) is 11.1 Å². The highest BCUT2D eigenvalue weighted by Crippen LogP contribution is 2.33. The van der Waals surface area contributed by atoms with E-state index < -0.39 is 5.97 Å². The lowest BCUT2D eigenvalue weighted by Gasteiger charge is -2.10. The Hall–Kier alpha value is -3.03. The number of nitriles is 2. The molecule has 6 nitrogen and oxygen atoms in total. The van der Waals surface area contributed by atoms with Gasteiger partial charge in [-0.1, -0.05) is 12.1 Å². The number of carboxylic acids is 1. The Morgan fingerprint density at radius 1 is 1.19 bits per heavy atom. The van der Waals surface area contributed by atoms with Gasteiger partial charge in [0.25, 0.3) is 0 Å². The SMILES string of the molecule is N#Cc1c(N)nc(S)c(C#N)c1-c1ccc(C(=O)O)cc1. The van der Waals surface area contributed by atoms with Crippen LogP contribution in [0.1, 0.15) is 21.5 Å². The first-order valence-corrected chi connectivity index (χ1v) is 6.10. The normalized spacial score (nSPS) is 9.67. The molecule has 102 valence electrons. The number of hydrogen-bond acceptors (Lipinski definition) is 6. The van der Waals surface area contributed by atoms with E-state index in [2.05, 4.69) is 17.6 Å². The summed E-state index contributed by atoms with van der Waals surface area (Å²) in [7, 11) is 0. The standard InChI is InChI=1S/C14H8N4O2S/c15-5-9-11(10(6-16)13(21)18-12(9)17)7-1-3-8(4-2-7)14(19)20/h1-4H,(H,19,20)(H3,17,18,21). The molecule has 3 N–H and O–H groups in total. The molecule has 0 aliphatic heterocycles. The Morgan fingerprint density at radius 2 is 1.76 bits per heavy atom. The van der Waals surface area contributed by atoms with E-state index in [1.165, 1.54) is 24.3 Å². The van der Waals surface area contributed by atoms with Gasteiger partial charge >= 0.3 is 5.97 Å². The van der Waals surface area contributed by atoms with Crippen LogP contribution in [0.2, 0.25) is 0 Å². The van der Waals surface area contributed by atoms with Crippen LogP contribution in [0.3, 0.4) is 0 Å². The maximum Gasteiger partial charge on any atom is 0.335 e. The van der Waals surface area contributed by atoms with Gasteiger partial charge in [-0.25, -0.2) is 9.78 Å². The number of benzene rings is 1. The van der Waals surface area contributed by atoms with E-state index in [1.54, 1.807) is 0 Å². The first kappa shape index (κ1) is 14.4. The van der Waals surface area contributed by atoms with Crippen LogP contribution >= 0.6 is 12.6 Å². The van der Waals surface area contributed by atoms with Gasteiger partial charge in [-0.2, -0.15) is 10.5 Å². The van der Waals surface area contributed by atoms with Crippen LogP contribution in [0.15, 0.2) is 29.3 Å². The van der Waals surface area contributed by atoms with Crippen molar-refractivity contribution in [2.75, 3.05) is 5.73 Å². The molecule has 0 saturated carbocycles. The van der Waals surface area contributed by atoms with E-state index in [-0.39, 0.29) is 27.5 Å². The summed E-state index contributed by atoms with van der Waals surface area (Å²) >= 11 is 4.09. The van der Waals surface area contributed by atoms with E-state index in [1.807, 2.05) is 12.1 Å². The van der Waals surface area contributed by atoms with Crippen molar-refractivity contribution in [2.24, 2.45) is 0 Å². The third-order valence-corrected chi connectivity index (χ3v) is 3.17. The number of nitrogen functional groups attached to an aromatic ring is 1. The zero-order valence-corrected chi connectivity index (χ0v) is 11.4. The predicted octanol–water partition coefficient (Wildman–Crippen LogP) is 2.06. The van der Waals surface area contributed by atoms with Gasteiger partial charge in [0, 0.05) is 5.56 Å². The maximum atomic E-state index is 10.9. The number of pyridine rings is 1. The number of carboxylic acid groups (broad SMARTS) is 1. The Kier molecular flexibility index (Phi) is 3.79. The molecule has 2 aromatic rings. The molecule has 21 heavy (non-hydrogen) atoms. The van der Waals surface area contributed by atoms with Gasteiger partial charge in [-0.3, -0.25) is 0 Å². The van der Waals surface area contributed by atoms with Crippen molar-refractivity contribution in [2.45, 2.75) is 5.03 Å². The highest BCUT2D eigenvalue weighted by Gasteiger charge is 2.18. The molecule has 0 aliphatic carbocycles. The minimum Gasteiger partial charge on any atom is -0.478 e. The fraction of sp³-hybridized carbons (Fsp3) is 0. The summed E-state index contributed by atoms with van der Waals surface area (Å²) in [6.45, 7) is 0. The van der Waals surface area contributed by atoms with Crippen LogP contribution in [-0.4, -0.2) is 16.1 Å². The fourth-order valence-corrected chi connectivity index (χ4v) is 2.15. The summed E-state index contributed by atoms with van der Waals surface area (Å²) in [6, 6.07) is 9.63. The molecular formula is C14H8N4O2S. The minimum atomic E-state index is -1.06. The molecule has 1 aromatic heterocycles. The zero-order valence-electron chi connectivity index (χ0n) is 10.5. The first-order valence-electron chi connectivity index (χ1n) is 5.66. The second-order valence-electron chi connectivity index (χ2n) is 4.05. The van der Waals surface area contributed by atoms with Crippen LogP contribution in [0.25, 0.3) is 11.1 Å². The van der Waals surface area contributed by atoms with Gasteiger partial charge in [-0.05, 0) is 17.7 Å². The molecule has 0 radical (unpaired) electrons. The number of thiol groups is 1. The average molecular weight is 296 g/mol. The number of aromatic carboxylic acids is 1. The van der Waals surface area contributed by atoms with E-state index in [4.69, 9.17) is 10.8 Å². The molecule has 0 saturated heterocycles. The average Bonchev–Trinajstić information content (AvgIpc) is 2.46. The van der Waals surface area contributed by atoms with Crippen molar-refractivity contribution in [3.05, 3.63) is 41.0 Å². The summed E-state index contributed by atoms with van der Waals surface area (Å²) in [5.41, 5.74) is 6.76. The molecule has 0 amide bonds.